The fourth-order valence-electron chi connectivity index (χ4n) is 6.14. The minimum absolute atomic E-state index is 0.500. The van der Waals surface area contributed by atoms with Gasteiger partial charge >= 0.3 is 0 Å². The first kappa shape index (κ1) is 25.3. The molecule has 5 nitrogen and oxygen atoms in total. The van der Waals surface area contributed by atoms with Gasteiger partial charge in [-0.25, -0.2) is 15.0 Å². The highest BCUT2D eigenvalue weighted by Crippen LogP contribution is 2.38. The maximum absolute atomic E-state index is 6.44. The summed E-state index contributed by atoms with van der Waals surface area (Å²) in [5.74, 6) is 1.68. The number of pyridine rings is 1. The number of aromatic nitrogens is 4. The van der Waals surface area contributed by atoms with Gasteiger partial charge in [0.05, 0.1) is 5.39 Å². The van der Waals surface area contributed by atoms with E-state index in [1.807, 2.05) is 54.6 Å². The molecule has 6 aromatic carbocycles. The van der Waals surface area contributed by atoms with Gasteiger partial charge in [-0.3, -0.25) is 4.98 Å². The summed E-state index contributed by atoms with van der Waals surface area (Å²) in [5, 5.41) is 6.32. The van der Waals surface area contributed by atoms with Gasteiger partial charge in [0.1, 0.15) is 16.9 Å². The second-order valence-electron chi connectivity index (χ2n) is 11.1. The third-order valence-electron chi connectivity index (χ3n) is 8.36. The van der Waals surface area contributed by atoms with Crippen molar-refractivity contribution in [2.45, 2.75) is 0 Å². The Bertz CT molecular complexity index is 2540. The van der Waals surface area contributed by atoms with Crippen molar-refractivity contribution in [2.75, 3.05) is 0 Å². The van der Waals surface area contributed by atoms with E-state index in [2.05, 4.69) is 84.9 Å². The van der Waals surface area contributed by atoms with Gasteiger partial charge in [-0.05, 0) is 51.6 Å². The third-order valence-corrected chi connectivity index (χ3v) is 8.36. The van der Waals surface area contributed by atoms with Crippen LogP contribution in [0.4, 0.5) is 0 Å². The third kappa shape index (κ3) is 4.33. The molecular weight excluding hydrogens is 552 g/mol. The molecule has 3 heterocycles. The number of hydrogen-bond donors (Lipinski definition) is 0. The van der Waals surface area contributed by atoms with Gasteiger partial charge in [-0.2, -0.15) is 0 Å². The summed E-state index contributed by atoms with van der Waals surface area (Å²) in [6.45, 7) is 0. The predicted octanol–water partition coefficient (Wildman–Crippen LogP) is 10.1. The molecule has 0 saturated heterocycles. The SMILES string of the molecule is c1ccc(-c2ccc3cc(-c4nc(-c5ccccc5)nc(-c5nccc6oc7c8ccccc8ccc7c56)n4)ccc3c2)cc1. The van der Waals surface area contributed by atoms with Crippen molar-refractivity contribution in [3.63, 3.8) is 0 Å². The van der Waals surface area contributed by atoms with Crippen LogP contribution in [0.1, 0.15) is 0 Å². The van der Waals surface area contributed by atoms with Crippen molar-refractivity contribution in [3.05, 3.63) is 146 Å². The monoisotopic (exact) mass is 576 g/mol. The smallest absolute Gasteiger partial charge is 0.183 e. The molecule has 0 saturated carbocycles. The number of fused-ring (bicyclic) bond motifs is 6. The van der Waals surface area contributed by atoms with Crippen LogP contribution in [0.2, 0.25) is 0 Å². The Labute approximate surface area is 258 Å². The predicted molar refractivity (Wildman–Crippen MR) is 182 cm³/mol. The molecule has 0 atom stereocenters. The van der Waals surface area contributed by atoms with Gasteiger partial charge in [0.15, 0.2) is 17.5 Å². The van der Waals surface area contributed by atoms with Gasteiger partial charge in [0.25, 0.3) is 0 Å². The summed E-state index contributed by atoms with van der Waals surface area (Å²) < 4.78 is 6.44. The van der Waals surface area contributed by atoms with Crippen molar-refractivity contribution in [3.8, 4) is 45.4 Å². The Hall–Kier alpha value is -6.20. The number of furan rings is 1. The average Bonchev–Trinajstić information content (AvgIpc) is 3.51. The largest absolute Gasteiger partial charge is 0.455 e. The van der Waals surface area contributed by atoms with Crippen LogP contribution >= 0.6 is 0 Å². The maximum Gasteiger partial charge on any atom is 0.183 e. The minimum Gasteiger partial charge on any atom is -0.455 e. The van der Waals surface area contributed by atoms with Crippen molar-refractivity contribution in [1.82, 2.24) is 19.9 Å². The lowest BCUT2D eigenvalue weighted by atomic mass is 10.00. The van der Waals surface area contributed by atoms with Crippen LogP contribution in [0.5, 0.6) is 0 Å². The minimum atomic E-state index is 0.500. The summed E-state index contributed by atoms with van der Waals surface area (Å²) in [5.41, 5.74) is 6.44. The van der Waals surface area contributed by atoms with Crippen LogP contribution in [0.25, 0.3) is 88.9 Å². The second kappa shape index (κ2) is 10.2. The zero-order valence-electron chi connectivity index (χ0n) is 24.1. The fourth-order valence-corrected chi connectivity index (χ4v) is 6.14. The Balaban J connectivity index is 1.24. The van der Waals surface area contributed by atoms with Crippen molar-refractivity contribution in [1.29, 1.82) is 0 Å². The van der Waals surface area contributed by atoms with Crippen LogP contribution in [0.3, 0.4) is 0 Å². The van der Waals surface area contributed by atoms with Crippen LogP contribution in [0.15, 0.2) is 150 Å². The molecule has 0 N–H and O–H groups in total. The molecule has 210 valence electrons. The van der Waals surface area contributed by atoms with Gasteiger partial charge in [0, 0.05) is 28.1 Å². The molecule has 0 aliphatic carbocycles. The van der Waals surface area contributed by atoms with Gasteiger partial charge in [0.2, 0.25) is 0 Å². The Kier molecular flexibility index (Phi) is 5.74. The number of hydrogen-bond acceptors (Lipinski definition) is 5. The van der Waals surface area contributed by atoms with Crippen molar-refractivity contribution < 1.29 is 4.42 Å². The molecule has 9 rings (SSSR count). The van der Waals surface area contributed by atoms with Gasteiger partial charge < -0.3 is 4.42 Å². The normalized spacial score (nSPS) is 11.6. The molecule has 0 radical (unpaired) electrons. The highest BCUT2D eigenvalue weighted by molar-refractivity contribution is 6.18. The molecule has 0 spiro atoms. The Morgan fingerprint density at radius 3 is 1.84 bits per heavy atom. The van der Waals surface area contributed by atoms with E-state index in [-0.39, 0.29) is 0 Å². The first-order valence-electron chi connectivity index (χ1n) is 14.9. The van der Waals surface area contributed by atoms with E-state index < -0.39 is 0 Å². The van der Waals surface area contributed by atoms with Crippen LogP contribution in [-0.2, 0) is 0 Å². The molecule has 3 aromatic heterocycles. The maximum atomic E-state index is 6.44. The topological polar surface area (TPSA) is 64.7 Å². The molecule has 0 aliphatic heterocycles. The van der Waals surface area contributed by atoms with Crippen molar-refractivity contribution in [2.24, 2.45) is 0 Å². The highest BCUT2D eigenvalue weighted by atomic mass is 16.3. The Morgan fingerprint density at radius 2 is 1.04 bits per heavy atom. The number of benzene rings is 6. The van der Waals surface area contributed by atoms with Gasteiger partial charge in [-0.15, -0.1) is 0 Å². The Morgan fingerprint density at radius 1 is 0.422 bits per heavy atom. The van der Waals surface area contributed by atoms with E-state index in [4.69, 9.17) is 24.4 Å². The summed E-state index contributed by atoms with van der Waals surface area (Å²) in [6.07, 6.45) is 1.76. The quantitative estimate of drug-likeness (QED) is 0.209. The number of nitrogens with zero attached hydrogens (tertiary/aromatic N) is 4. The molecule has 45 heavy (non-hydrogen) atoms. The van der Waals surface area contributed by atoms with E-state index in [0.29, 0.717) is 23.2 Å². The highest BCUT2D eigenvalue weighted by Gasteiger charge is 2.20. The average molecular weight is 577 g/mol. The molecule has 0 aliphatic rings. The molecule has 0 unspecified atom stereocenters. The summed E-state index contributed by atoms with van der Waals surface area (Å²) in [6, 6.07) is 47.7. The van der Waals surface area contributed by atoms with E-state index in [1.165, 1.54) is 11.1 Å². The molecular formula is C40H24N4O. The standard InChI is InChI=1S/C40H24N4O/c1-3-9-25(10-4-1)28-15-16-30-24-31(18-17-29(30)23-28)39-42-38(27-12-5-2-6-13-27)43-40(44-39)36-35-33-20-19-26-11-7-8-14-32(26)37(33)45-34(35)21-22-41-36/h1-24H. The number of rotatable bonds is 4. The lowest BCUT2D eigenvalue weighted by Crippen LogP contribution is -2.01. The van der Waals surface area contributed by atoms with E-state index in [9.17, 15) is 0 Å². The molecule has 0 fully saturated rings. The lowest BCUT2D eigenvalue weighted by Gasteiger charge is -2.10. The van der Waals surface area contributed by atoms with E-state index in [0.717, 1.165) is 54.6 Å². The second-order valence-corrected chi connectivity index (χ2v) is 11.1. The lowest BCUT2D eigenvalue weighted by molar-refractivity contribution is 0.672. The van der Waals surface area contributed by atoms with Crippen molar-refractivity contribution >= 4 is 43.5 Å². The first-order chi connectivity index (χ1) is 22.3. The zero-order valence-corrected chi connectivity index (χ0v) is 24.1. The molecule has 5 heteroatoms. The zero-order chi connectivity index (χ0) is 29.7. The van der Waals surface area contributed by atoms with E-state index in [1.54, 1.807) is 6.20 Å². The van der Waals surface area contributed by atoms with Crippen LogP contribution in [0, 0.1) is 0 Å². The molecule has 0 bridgehead atoms. The van der Waals surface area contributed by atoms with Crippen LogP contribution in [-0.4, -0.2) is 19.9 Å². The summed E-state index contributed by atoms with van der Waals surface area (Å²) in [7, 11) is 0. The van der Waals surface area contributed by atoms with Crippen LogP contribution < -0.4 is 0 Å². The molecule has 0 amide bonds. The van der Waals surface area contributed by atoms with Gasteiger partial charge in [-0.1, -0.05) is 115 Å². The fraction of sp³-hybridized carbons (Fsp3) is 0. The van der Waals surface area contributed by atoms with E-state index >= 15 is 0 Å². The summed E-state index contributed by atoms with van der Waals surface area (Å²) >= 11 is 0. The molecule has 9 aromatic rings. The summed E-state index contributed by atoms with van der Waals surface area (Å²) in [4.78, 5) is 19.8. The first-order valence-corrected chi connectivity index (χ1v) is 14.9.